The molecule has 2 unspecified atom stereocenters. The van der Waals surface area contributed by atoms with Crippen LogP contribution in [0, 0.1) is 5.92 Å². The molecule has 3 rings (SSSR count). The molecular formula is C16H23N3S. The Hall–Kier alpha value is -1.13. The predicted molar refractivity (Wildman–Crippen MR) is 85.0 cm³/mol. The molecular weight excluding hydrogens is 266 g/mol. The predicted octanol–water partition coefficient (Wildman–Crippen LogP) is 3.78. The van der Waals surface area contributed by atoms with Gasteiger partial charge < -0.3 is 9.88 Å². The highest BCUT2D eigenvalue weighted by Gasteiger charge is 2.20. The van der Waals surface area contributed by atoms with E-state index in [1.165, 1.54) is 30.6 Å². The van der Waals surface area contributed by atoms with E-state index in [0.717, 1.165) is 24.8 Å². The van der Waals surface area contributed by atoms with Crippen molar-refractivity contribution >= 4 is 11.3 Å². The fraction of sp³-hybridized carbons (Fsp3) is 0.562. The minimum absolute atomic E-state index is 0.706. The largest absolute Gasteiger partial charge is 0.329 e. The number of nitrogens with zero attached hydrogens (tertiary/aromatic N) is 2. The zero-order chi connectivity index (χ0) is 13.8. The van der Waals surface area contributed by atoms with Gasteiger partial charge in [0.25, 0.3) is 0 Å². The van der Waals surface area contributed by atoms with Gasteiger partial charge in [-0.25, -0.2) is 4.98 Å². The molecule has 1 N–H and O–H groups in total. The molecule has 108 valence electrons. The molecule has 2 aromatic rings. The van der Waals surface area contributed by atoms with E-state index in [1.54, 1.807) is 11.3 Å². The average molecular weight is 289 g/mol. The quantitative estimate of drug-likeness (QED) is 0.908. The van der Waals surface area contributed by atoms with Crippen LogP contribution >= 0.6 is 11.3 Å². The Balaban J connectivity index is 1.55. The van der Waals surface area contributed by atoms with Gasteiger partial charge in [-0.2, -0.15) is 0 Å². The fourth-order valence-electron chi connectivity index (χ4n) is 3.11. The maximum atomic E-state index is 4.48. The molecule has 0 bridgehead atoms. The molecule has 0 spiro atoms. The van der Waals surface area contributed by atoms with E-state index >= 15 is 0 Å². The monoisotopic (exact) mass is 289 g/mol. The van der Waals surface area contributed by atoms with Gasteiger partial charge in [-0.15, -0.1) is 11.3 Å². The summed E-state index contributed by atoms with van der Waals surface area (Å²) < 4.78 is 2.26. The molecule has 20 heavy (non-hydrogen) atoms. The second kappa shape index (κ2) is 6.55. The van der Waals surface area contributed by atoms with Crippen LogP contribution in [0.1, 0.15) is 32.6 Å². The third-order valence-corrected chi connectivity index (χ3v) is 5.19. The van der Waals surface area contributed by atoms with Gasteiger partial charge in [-0.1, -0.05) is 25.8 Å². The molecule has 0 aliphatic heterocycles. The lowest BCUT2D eigenvalue weighted by molar-refractivity contribution is 0.278. The van der Waals surface area contributed by atoms with Crippen molar-refractivity contribution in [2.75, 3.05) is 6.54 Å². The number of nitrogens with one attached hydrogen (secondary N) is 1. The van der Waals surface area contributed by atoms with Crippen LogP contribution in [0.15, 0.2) is 29.9 Å². The lowest BCUT2D eigenvalue weighted by Gasteiger charge is -2.29. The van der Waals surface area contributed by atoms with Crippen LogP contribution in [-0.4, -0.2) is 22.1 Å². The molecule has 0 saturated heterocycles. The summed E-state index contributed by atoms with van der Waals surface area (Å²) in [6.07, 6.45) is 9.49. The Labute approximate surface area is 125 Å². The topological polar surface area (TPSA) is 29.9 Å². The molecule has 4 heteroatoms. The number of hydrogen-bond acceptors (Lipinski definition) is 3. The molecule has 1 fully saturated rings. The van der Waals surface area contributed by atoms with Crippen LogP contribution in [0.25, 0.3) is 10.7 Å². The third-order valence-electron chi connectivity index (χ3n) is 4.33. The van der Waals surface area contributed by atoms with E-state index < -0.39 is 0 Å². The number of rotatable bonds is 5. The summed E-state index contributed by atoms with van der Waals surface area (Å²) in [7, 11) is 0. The highest BCUT2D eigenvalue weighted by Crippen LogP contribution is 2.24. The second-order valence-electron chi connectivity index (χ2n) is 5.74. The smallest absolute Gasteiger partial charge is 0.150 e. The van der Waals surface area contributed by atoms with Gasteiger partial charge in [-0.3, -0.25) is 0 Å². The summed E-state index contributed by atoms with van der Waals surface area (Å²) in [5, 5.41) is 5.84. The van der Waals surface area contributed by atoms with E-state index in [9.17, 15) is 0 Å². The molecule has 1 aliphatic rings. The van der Waals surface area contributed by atoms with E-state index in [2.05, 4.69) is 45.5 Å². The number of aromatic nitrogens is 2. The molecule has 1 aliphatic carbocycles. The normalized spacial score (nSPS) is 23.1. The summed E-state index contributed by atoms with van der Waals surface area (Å²) in [6, 6.07) is 4.93. The molecule has 2 aromatic heterocycles. The van der Waals surface area contributed by atoms with Crippen LogP contribution in [-0.2, 0) is 6.54 Å². The van der Waals surface area contributed by atoms with Crippen LogP contribution in [0.2, 0.25) is 0 Å². The van der Waals surface area contributed by atoms with E-state index in [0.29, 0.717) is 6.04 Å². The van der Waals surface area contributed by atoms with Crippen molar-refractivity contribution in [2.45, 2.75) is 45.2 Å². The number of thiophene rings is 1. The van der Waals surface area contributed by atoms with Crippen molar-refractivity contribution < 1.29 is 0 Å². The zero-order valence-electron chi connectivity index (χ0n) is 12.1. The number of hydrogen-bond donors (Lipinski definition) is 1. The highest BCUT2D eigenvalue weighted by atomic mass is 32.1. The van der Waals surface area contributed by atoms with Crippen molar-refractivity contribution in [1.29, 1.82) is 0 Å². The minimum Gasteiger partial charge on any atom is -0.329 e. The Morgan fingerprint density at radius 1 is 1.40 bits per heavy atom. The van der Waals surface area contributed by atoms with Crippen LogP contribution in [0.4, 0.5) is 0 Å². The van der Waals surface area contributed by atoms with Crippen LogP contribution in [0.3, 0.4) is 0 Å². The first-order chi connectivity index (χ1) is 9.84. The van der Waals surface area contributed by atoms with Crippen molar-refractivity contribution in [3.63, 3.8) is 0 Å². The average Bonchev–Trinajstić information content (AvgIpc) is 3.11. The Morgan fingerprint density at radius 2 is 2.30 bits per heavy atom. The highest BCUT2D eigenvalue weighted by molar-refractivity contribution is 7.13. The first-order valence-electron chi connectivity index (χ1n) is 7.63. The molecule has 2 atom stereocenters. The molecule has 0 radical (unpaired) electrons. The minimum atomic E-state index is 0.706. The standard InChI is InChI=1S/C16H23N3S/c1-13-5-2-3-6-14(13)17-8-10-19-11-9-18-16(19)15-7-4-12-20-15/h4,7,9,11-14,17H,2-3,5-6,8,10H2,1H3. The fourth-order valence-corrected chi connectivity index (χ4v) is 3.85. The SMILES string of the molecule is CC1CCCCC1NCCn1ccnc1-c1cccs1. The van der Waals surface area contributed by atoms with Gasteiger partial charge >= 0.3 is 0 Å². The van der Waals surface area contributed by atoms with Gasteiger partial charge in [0.15, 0.2) is 0 Å². The summed E-state index contributed by atoms with van der Waals surface area (Å²) in [5.74, 6) is 1.92. The van der Waals surface area contributed by atoms with E-state index in [4.69, 9.17) is 0 Å². The summed E-state index contributed by atoms with van der Waals surface area (Å²) in [6.45, 7) is 4.41. The maximum Gasteiger partial charge on any atom is 0.150 e. The molecule has 0 amide bonds. The lowest BCUT2D eigenvalue weighted by atomic mass is 9.86. The third kappa shape index (κ3) is 3.13. The summed E-state index contributed by atoms with van der Waals surface area (Å²) in [4.78, 5) is 5.74. The molecule has 3 nitrogen and oxygen atoms in total. The first-order valence-corrected chi connectivity index (χ1v) is 8.51. The summed E-state index contributed by atoms with van der Waals surface area (Å²) in [5.41, 5.74) is 0. The number of imidazole rings is 1. The van der Waals surface area contributed by atoms with Gasteiger partial charge in [0.05, 0.1) is 4.88 Å². The Morgan fingerprint density at radius 3 is 3.10 bits per heavy atom. The van der Waals surface area contributed by atoms with Gasteiger partial charge in [-0.05, 0) is 30.2 Å². The van der Waals surface area contributed by atoms with Crippen molar-refractivity contribution in [1.82, 2.24) is 14.9 Å². The first kappa shape index (κ1) is 13.8. The zero-order valence-corrected chi connectivity index (χ0v) is 12.9. The van der Waals surface area contributed by atoms with Gasteiger partial charge in [0, 0.05) is 31.5 Å². The van der Waals surface area contributed by atoms with E-state index in [1.807, 2.05) is 6.20 Å². The second-order valence-corrected chi connectivity index (χ2v) is 6.69. The summed E-state index contributed by atoms with van der Waals surface area (Å²) >= 11 is 1.75. The molecule has 2 heterocycles. The molecule has 1 saturated carbocycles. The Kier molecular flexibility index (Phi) is 4.53. The maximum absolute atomic E-state index is 4.48. The molecule has 0 aromatic carbocycles. The van der Waals surface area contributed by atoms with Gasteiger partial charge in [0.1, 0.15) is 5.82 Å². The van der Waals surface area contributed by atoms with E-state index in [-0.39, 0.29) is 0 Å². The lowest BCUT2D eigenvalue weighted by Crippen LogP contribution is -2.38. The Bertz CT molecular complexity index is 518. The van der Waals surface area contributed by atoms with Crippen molar-refractivity contribution in [3.8, 4) is 10.7 Å². The van der Waals surface area contributed by atoms with Crippen LogP contribution in [0.5, 0.6) is 0 Å². The van der Waals surface area contributed by atoms with Crippen molar-refractivity contribution in [3.05, 3.63) is 29.9 Å². The van der Waals surface area contributed by atoms with Crippen LogP contribution < -0.4 is 5.32 Å². The van der Waals surface area contributed by atoms with Crippen molar-refractivity contribution in [2.24, 2.45) is 5.92 Å². The van der Waals surface area contributed by atoms with Gasteiger partial charge in [0.2, 0.25) is 0 Å².